The van der Waals surface area contributed by atoms with Gasteiger partial charge in [0.2, 0.25) is 0 Å². The molecule has 168 valence electrons. The lowest BCUT2D eigenvalue weighted by molar-refractivity contribution is 0.0361. The number of fused-ring (bicyclic) bond motifs is 1. The fraction of sp³-hybridized carbons (Fsp3) is 0.636. The minimum Gasteiger partial charge on any atom is -0.494 e. The molecule has 2 heterocycles. The number of methoxy groups -OCH3 is 1. The van der Waals surface area contributed by atoms with E-state index in [4.69, 9.17) is 9.47 Å². The standard InChI is InChI=1S/C15H19N3O3.C7H18N2/c1-20-14-4-2-3-12-13(11-19)16-18(15(12)14)6-5-17-7-9-21-10-8-17;1-5-9(4)7-6-8(2)3/h2-4,11H,5-10H2,1H3;5-7H2,1-4H3. The molecule has 2 aromatic rings. The molecule has 0 bridgehead atoms. The molecule has 0 N–H and O–H groups in total. The van der Waals surface area contributed by atoms with Crippen LogP contribution >= 0.6 is 0 Å². The molecular weight excluding hydrogens is 382 g/mol. The summed E-state index contributed by atoms with van der Waals surface area (Å²) in [6.07, 6.45) is 0.799. The summed E-state index contributed by atoms with van der Waals surface area (Å²) in [6.45, 7) is 10.7. The van der Waals surface area contributed by atoms with Crippen LogP contribution in [0.1, 0.15) is 17.4 Å². The zero-order valence-electron chi connectivity index (χ0n) is 19.1. The van der Waals surface area contributed by atoms with Crippen LogP contribution in [0.3, 0.4) is 0 Å². The van der Waals surface area contributed by atoms with E-state index in [0.29, 0.717) is 5.69 Å². The summed E-state index contributed by atoms with van der Waals surface area (Å²) < 4.78 is 12.6. The molecule has 0 aliphatic carbocycles. The largest absolute Gasteiger partial charge is 0.494 e. The van der Waals surface area contributed by atoms with Gasteiger partial charge in [-0.2, -0.15) is 5.10 Å². The first-order valence-electron chi connectivity index (χ1n) is 10.6. The number of rotatable bonds is 9. The van der Waals surface area contributed by atoms with Gasteiger partial charge in [0, 0.05) is 38.1 Å². The average molecular weight is 420 g/mol. The van der Waals surface area contributed by atoms with Crippen LogP contribution in [0.25, 0.3) is 10.9 Å². The van der Waals surface area contributed by atoms with Gasteiger partial charge in [-0.05, 0) is 33.8 Å². The van der Waals surface area contributed by atoms with Gasteiger partial charge in [-0.3, -0.25) is 14.4 Å². The fourth-order valence-corrected chi connectivity index (χ4v) is 3.23. The number of aldehydes is 1. The zero-order chi connectivity index (χ0) is 21.9. The number of hydrogen-bond acceptors (Lipinski definition) is 7. The molecule has 0 saturated carbocycles. The van der Waals surface area contributed by atoms with Crippen molar-refractivity contribution in [2.75, 3.05) is 80.7 Å². The van der Waals surface area contributed by atoms with Crippen LogP contribution in [0.4, 0.5) is 0 Å². The maximum atomic E-state index is 11.2. The second kappa shape index (κ2) is 12.6. The number of hydrogen-bond donors (Lipinski definition) is 0. The number of likely N-dealkylation sites (N-methyl/N-ethyl adjacent to an activating group) is 2. The van der Waals surface area contributed by atoms with Crippen molar-refractivity contribution in [2.45, 2.75) is 13.5 Å². The van der Waals surface area contributed by atoms with E-state index in [2.05, 4.69) is 47.9 Å². The van der Waals surface area contributed by atoms with E-state index in [0.717, 1.165) is 75.4 Å². The monoisotopic (exact) mass is 419 g/mol. The number of carbonyl (C=O) groups excluding carboxylic acids is 1. The molecule has 1 aromatic carbocycles. The highest BCUT2D eigenvalue weighted by Crippen LogP contribution is 2.27. The summed E-state index contributed by atoms with van der Waals surface area (Å²) in [5.74, 6) is 0.745. The summed E-state index contributed by atoms with van der Waals surface area (Å²) in [5.41, 5.74) is 1.35. The van der Waals surface area contributed by atoms with E-state index in [1.165, 1.54) is 6.54 Å². The van der Waals surface area contributed by atoms with E-state index in [1.807, 2.05) is 22.9 Å². The molecule has 1 aliphatic heterocycles. The van der Waals surface area contributed by atoms with Crippen molar-refractivity contribution < 1.29 is 14.3 Å². The quantitative estimate of drug-likeness (QED) is 0.573. The molecule has 0 atom stereocenters. The van der Waals surface area contributed by atoms with E-state index in [-0.39, 0.29) is 0 Å². The molecule has 0 unspecified atom stereocenters. The minimum absolute atomic E-state index is 0.464. The van der Waals surface area contributed by atoms with Crippen LogP contribution in [0, 0.1) is 0 Å². The maximum Gasteiger partial charge on any atom is 0.170 e. The number of ether oxygens (including phenoxy) is 2. The SMILES string of the molecule is CCN(C)CCN(C)C.COc1cccc2c(C=O)nn(CCN3CCOCC3)c12. The van der Waals surface area contributed by atoms with Gasteiger partial charge in [0.15, 0.2) is 6.29 Å². The van der Waals surface area contributed by atoms with E-state index < -0.39 is 0 Å². The molecule has 8 heteroatoms. The molecule has 3 rings (SSSR count). The van der Waals surface area contributed by atoms with Crippen LogP contribution in [-0.2, 0) is 11.3 Å². The molecule has 8 nitrogen and oxygen atoms in total. The Morgan fingerprint density at radius 1 is 1.17 bits per heavy atom. The molecule has 1 aromatic heterocycles. The lowest BCUT2D eigenvalue weighted by Crippen LogP contribution is -2.38. The second-order valence-electron chi connectivity index (χ2n) is 7.74. The Morgan fingerprint density at radius 2 is 1.90 bits per heavy atom. The molecule has 1 fully saturated rings. The lowest BCUT2D eigenvalue weighted by Gasteiger charge is -2.26. The average Bonchev–Trinajstić information content (AvgIpc) is 3.15. The van der Waals surface area contributed by atoms with Gasteiger partial charge in [-0.15, -0.1) is 0 Å². The van der Waals surface area contributed by atoms with Crippen molar-refractivity contribution in [3.05, 3.63) is 23.9 Å². The normalized spacial score (nSPS) is 14.8. The number of benzene rings is 1. The molecule has 1 saturated heterocycles. The smallest absolute Gasteiger partial charge is 0.170 e. The van der Waals surface area contributed by atoms with Crippen molar-refractivity contribution in [3.63, 3.8) is 0 Å². The highest BCUT2D eigenvalue weighted by Gasteiger charge is 2.16. The minimum atomic E-state index is 0.464. The van der Waals surface area contributed by atoms with Gasteiger partial charge in [0.25, 0.3) is 0 Å². The van der Waals surface area contributed by atoms with E-state index in [9.17, 15) is 4.79 Å². The third-order valence-electron chi connectivity index (χ3n) is 5.29. The van der Waals surface area contributed by atoms with E-state index in [1.54, 1.807) is 7.11 Å². The Morgan fingerprint density at radius 3 is 2.50 bits per heavy atom. The fourth-order valence-electron chi connectivity index (χ4n) is 3.23. The number of carbonyl (C=O) groups is 1. The number of aromatic nitrogens is 2. The van der Waals surface area contributed by atoms with Gasteiger partial charge < -0.3 is 19.3 Å². The number of morpholine rings is 1. The predicted molar refractivity (Wildman–Crippen MR) is 121 cm³/mol. The summed E-state index contributed by atoms with van der Waals surface area (Å²) in [7, 11) is 7.98. The Bertz CT molecular complexity index is 771. The Hall–Kier alpha value is -2.00. The summed E-state index contributed by atoms with van der Waals surface area (Å²) in [6, 6.07) is 5.67. The first-order valence-corrected chi connectivity index (χ1v) is 10.6. The molecule has 0 spiro atoms. The molecule has 30 heavy (non-hydrogen) atoms. The zero-order valence-corrected chi connectivity index (χ0v) is 19.1. The Labute approximate surface area is 180 Å². The summed E-state index contributed by atoms with van der Waals surface area (Å²) in [4.78, 5) is 18.0. The first kappa shape index (κ1) is 24.3. The lowest BCUT2D eigenvalue weighted by atomic mass is 10.2. The topological polar surface area (TPSA) is 63.1 Å². The number of para-hydroxylation sites is 1. The van der Waals surface area contributed by atoms with Crippen LogP contribution < -0.4 is 4.74 Å². The third-order valence-corrected chi connectivity index (χ3v) is 5.29. The van der Waals surface area contributed by atoms with Gasteiger partial charge in [-0.1, -0.05) is 19.1 Å². The highest BCUT2D eigenvalue weighted by atomic mass is 16.5. The first-order chi connectivity index (χ1) is 14.5. The van der Waals surface area contributed by atoms with Crippen molar-refractivity contribution in [1.82, 2.24) is 24.5 Å². The van der Waals surface area contributed by atoms with Crippen molar-refractivity contribution in [3.8, 4) is 5.75 Å². The Kier molecular flexibility index (Phi) is 10.2. The molecule has 0 amide bonds. The van der Waals surface area contributed by atoms with Crippen molar-refractivity contribution >= 4 is 17.2 Å². The third kappa shape index (κ3) is 7.05. The highest BCUT2D eigenvalue weighted by molar-refractivity contribution is 5.97. The molecule has 0 radical (unpaired) electrons. The molecule has 1 aliphatic rings. The van der Waals surface area contributed by atoms with Gasteiger partial charge >= 0.3 is 0 Å². The van der Waals surface area contributed by atoms with Crippen LogP contribution in [-0.4, -0.2) is 112 Å². The Balaban J connectivity index is 0.000000303. The predicted octanol–water partition coefficient (Wildman–Crippen LogP) is 1.69. The van der Waals surface area contributed by atoms with Crippen LogP contribution in [0.15, 0.2) is 18.2 Å². The van der Waals surface area contributed by atoms with Crippen molar-refractivity contribution in [1.29, 1.82) is 0 Å². The number of nitrogens with zero attached hydrogens (tertiary/aromatic N) is 5. The molecular formula is C22H37N5O3. The summed E-state index contributed by atoms with van der Waals surface area (Å²) in [5, 5.41) is 5.25. The van der Waals surface area contributed by atoms with Crippen LogP contribution in [0.2, 0.25) is 0 Å². The van der Waals surface area contributed by atoms with Gasteiger partial charge in [-0.25, -0.2) is 0 Å². The van der Waals surface area contributed by atoms with Crippen molar-refractivity contribution in [2.24, 2.45) is 0 Å². The second-order valence-corrected chi connectivity index (χ2v) is 7.74. The van der Waals surface area contributed by atoms with E-state index >= 15 is 0 Å². The summed E-state index contributed by atoms with van der Waals surface area (Å²) >= 11 is 0. The van der Waals surface area contributed by atoms with Gasteiger partial charge in [0.05, 0.1) is 26.9 Å². The van der Waals surface area contributed by atoms with Crippen LogP contribution in [0.5, 0.6) is 5.75 Å². The van der Waals surface area contributed by atoms with Gasteiger partial charge in [0.1, 0.15) is 17.0 Å². The maximum absolute atomic E-state index is 11.2.